The van der Waals surface area contributed by atoms with E-state index in [-0.39, 0.29) is 18.6 Å². The molecule has 0 radical (unpaired) electrons. The van der Waals surface area contributed by atoms with Crippen LogP contribution in [0, 0.1) is 5.92 Å². The maximum absolute atomic E-state index is 9.63. The molecule has 4 rings (SSSR count). The molecule has 3 aromatic rings. The Morgan fingerprint density at radius 1 is 1.15 bits per heavy atom. The van der Waals surface area contributed by atoms with Crippen LogP contribution < -0.4 is 21.3 Å². The Balaban J connectivity index is 1.45. The van der Waals surface area contributed by atoms with Gasteiger partial charge in [0.1, 0.15) is 12.1 Å². The molecular formula is C22H31N9O2. The molecule has 0 bridgehead atoms. The molecule has 2 aromatic heterocycles. The zero-order valence-corrected chi connectivity index (χ0v) is 19.0. The molecule has 1 aromatic carbocycles. The molecule has 11 nitrogen and oxygen atoms in total. The summed E-state index contributed by atoms with van der Waals surface area (Å²) in [5, 5.41) is 20.5. The van der Waals surface area contributed by atoms with Crippen molar-refractivity contribution in [3.05, 3.63) is 36.7 Å². The smallest absolute Gasteiger partial charge is 0.248 e. The van der Waals surface area contributed by atoms with Gasteiger partial charge in [-0.1, -0.05) is 13.8 Å². The van der Waals surface area contributed by atoms with Crippen LogP contribution >= 0.6 is 0 Å². The molecule has 1 aliphatic rings. The first-order valence-electron chi connectivity index (χ1n) is 11.1. The summed E-state index contributed by atoms with van der Waals surface area (Å²) < 4.78 is 6.86. The number of nitrogens with one attached hydrogen (secondary N) is 2. The lowest BCUT2D eigenvalue weighted by Gasteiger charge is -2.28. The number of benzene rings is 1. The second-order valence-electron chi connectivity index (χ2n) is 8.39. The molecule has 1 aliphatic heterocycles. The van der Waals surface area contributed by atoms with Gasteiger partial charge in [-0.05, 0) is 36.6 Å². The van der Waals surface area contributed by atoms with Crippen molar-refractivity contribution in [3.8, 4) is 5.82 Å². The third-order valence-electron chi connectivity index (χ3n) is 5.33. The second-order valence-corrected chi connectivity index (χ2v) is 8.39. The summed E-state index contributed by atoms with van der Waals surface area (Å²) >= 11 is 0. The van der Waals surface area contributed by atoms with E-state index in [1.54, 1.807) is 6.07 Å². The van der Waals surface area contributed by atoms with E-state index in [1.165, 1.54) is 11.0 Å². The minimum Gasteiger partial charge on any atom is -0.394 e. The number of nitrogens with zero attached hydrogens (tertiary/aromatic N) is 6. The average molecular weight is 454 g/mol. The number of aromatic nitrogens is 5. The van der Waals surface area contributed by atoms with Crippen molar-refractivity contribution in [1.29, 1.82) is 0 Å². The van der Waals surface area contributed by atoms with Crippen molar-refractivity contribution in [3.63, 3.8) is 0 Å². The van der Waals surface area contributed by atoms with Gasteiger partial charge in [0.2, 0.25) is 11.9 Å². The minimum atomic E-state index is -0.0986. The monoisotopic (exact) mass is 453 g/mol. The Bertz CT molecular complexity index is 1030. The van der Waals surface area contributed by atoms with Gasteiger partial charge in [0.05, 0.1) is 25.9 Å². The molecule has 3 heterocycles. The number of nitrogens with two attached hydrogens (primary N) is 1. The summed E-state index contributed by atoms with van der Waals surface area (Å²) in [6.45, 7) is 7.51. The highest BCUT2D eigenvalue weighted by molar-refractivity contribution is 5.60. The van der Waals surface area contributed by atoms with Gasteiger partial charge in [-0.3, -0.25) is 0 Å². The molecule has 0 spiro atoms. The number of aliphatic hydroxyl groups excluding tert-OH is 1. The predicted octanol–water partition coefficient (Wildman–Crippen LogP) is 2.04. The van der Waals surface area contributed by atoms with Crippen LogP contribution in [0.3, 0.4) is 0 Å². The Morgan fingerprint density at radius 2 is 1.91 bits per heavy atom. The summed E-state index contributed by atoms with van der Waals surface area (Å²) in [5.74, 6) is 2.08. The Kier molecular flexibility index (Phi) is 7.20. The van der Waals surface area contributed by atoms with Gasteiger partial charge in [-0.15, -0.1) is 5.10 Å². The van der Waals surface area contributed by atoms with Crippen molar-refractivity contribution in [1.82, 2.24) is 24.7 Å². The third-order valence-corrected chi connectivity index (χ3v) is 5.33. The van der Waals surface area contributed by atoms with Crippen LogP contribution in [0.4, 0.5) is 29.1 Å². The lowest BCUT2D eigenvalue weighted by molar-refractivity contribution is 0.122. The molecular weight excluding hydrogens is 422 g/mol. The van der Waals surface area contributed by atoms with Gasteiger partial charge < -0.3 is 31.1 Å². The normalized spacial score (nSPS) is 15.0. The molecule has 0 aliphatic carbocycles. The fourth-order valence-electron chi connectivity index (χ4n) is 3.75. The highest BCUT2D eigenvalue weighted by Gasteiger charge is 2.15. The van der Waals surface area contributed by atoms with Gasteiger partial charge in [-0.25, -0.2) is 9.97 Å². The second kappa shape index (κ2) is 10.5. The number of rotatable bonds is 9. The Morgan fingerprint density at radius 3 is 2.61 bits per heavy atom. The molecule has 176 valence electrons. The lowest BCUT2D eigenvalue weighted by Crippen LogP contribution is -2.36. The van der Waals surface area contributed by atoms with Crippen molar-refractivity contribution in [2.75, 3.05) is 54.2 Å². The molecule has 1 atom stereocenters. The van der Waals surface area contributed by atoms with Crippen LogP contribution in [0.15, 0.2) is 36.7 Å². The van der Waals surface area contributed by atoms with Gasteiger partial charge in [0.25, 0.3) is 0 Å². The van der Waals surface area contributed by atoms with E-state index < -0.39 is 0 Å². The quantitative estimate of drug-likeness (QED) is 0.380. The van der Waals surface area contributed by atoms with E-state index in [0.29, 0.717) is 23.5 Å². The van der Waals surface area contributed by atoms with Crippen molar-refractivity contribution in [2.45, 2.75) is 26.3 Å². The van der Waals surface area contributed by atoms with Crippen molar-refractivity contribution >= 4 is 29.1 Å². The fourth-order valence-corrected chi connectivity index (χ4v) is 3.75. The van der Waals surface area contributed by atoms with Crippen LogP contribution in [0.5, 0.6) is 0 Å². The minimum absolute atomic E-state index is 0.0153. The first-order chi connectivity index (χ1) is 16.0. The van der Waals surface area contributed by atoms with E-state index in [2.05, 4.69) is 61.6 Å². The summed E-state index contributed by atoms with van der Waals surface area (Å²) in [6.07, 6.45) is 2.25. The molecule has 1 saturated heterocycles. The van der Waals surface area contributed by atoms with Crippen LogP contribution in [0.1, 0.15) is 20.3 Å². The van der Waals surface area contributed by atoms with E-state index in [4.69, 9.17) is 10.5 Å². The maximum atomic E-state index is 9.63. The number of nitrogen functional groups attached to an aromatic ring is 1. The highest BCUT2D eigenvalue weighted by Crippen LogP contribution is 2.22. The predicted molar refractivity (Wildman–Crippen MR) is 128 cm³/mol. The number of hydrogen-bond acceptors (Lipinski definition) is 10. The Hall–Kier alpha value is -3.44. The molecule has 33 heavy (non-hydrogen) atoms. The average Bonchev–Trinajstić information content (AvgIpc) is 3.19. The molecule has 5 N–H and O–H groups in total. The molecule has 1 fully saturated rings. The fraction of sp³-hybridized carbons (Fsp3) is 0.455. The first-order valence-corrected chi connectivity index (χ1v) is 11.1. The summed E-state index contributed by atoms with van der Waals surface area (Å²) in [7, 11) is 0. The van der Waals surface area contributed by atoms with Gasteiger partial charge in [-0.2, -0.15) is 9.67 Å². The zero-order valence-electron chi connectivity index (χ0n) is 19.0. The molecule has 0 amide bonds. The number of aliphatic hydroxyl groups is 1. The Labute approximate surface area is 193 Å². The molecule has 0 unspecified atom stereocenters. The SMILES string of the molecule is CC(C)C[C@H](CO)Nc1cc(-n2nc(Nc3ccc(N4CCOCC4)cc3)nc2N)ncn1. The third kappa shape index (κ3) is 5.88. The van der Waals surface area contributed by atoms with Gasteiger partial charge >= 0.3 is 0 Å². The van der Waals surface area contributed by atoms with Crippen molar-refractivity contribution < 1.29 is 9.84 Å². The topological polar surface area (TPSA) is 139 Å². The highest BCUT2D eigenvalue weighted by atomic mass is 16.5. The first kappa shape index (κ1) is 22.7. The van der Waals surface area contributed by atoms with E-state index in [9.17, 15) is 5.11 Å². The molecule has 11 heteroatoms. The summed E-state index contributed by atoms with van der Waals surface area (Å²) in [5.41, 5.74) is 8.11. The van der Waals surface area contributed by atoms with Crippen LogP contribution in [0.25, 0.3) is 5.82 Å². The summed E-state index contributed by atoms with van der Waals surface area (Å²) in [6, 6.07) is 9.72. The maximum Gasteiger partial charge on any atom is 0.248 e. The lowest BCUT2D eigenvalue weighted by atomic mass is 10.0. The number of hydrogen-bond donors (Lipinski definition) is 4. The number of anilines is 5. The van der Waals surface area contributed by atoms with E-state index >= 15 is 0 Å². The number of ether oxygens (including phenoxy) is 1. The van der Waals surface area contributed by atoms with Crippen molar-refractivity contribution in [2.24, 2.45) is 5.92 Å². The van der Waals surface area contributed by atoms with Crippen LogP contribution in [-0.4, -0.2) is 68.8 Å². The largest absolute Gasteiger partial charge is 0.394 e. The summed E-state index contributed by atoms with van der Waals surface area (Å²) in [4.78, 5) is 15.1. The molecule has 0 saturated carbocycles. The van der Waals surface area contributed by atoms with Crippen LogP contribution in [0.2, 0.25) is 0 Å². The zero-order chi connectivity index (χ0) is 23.2. The van der Waals surface area contributed by atoms with E-state index in [1.807, 2.05) is 12.1 Å². The van der Waals surface area contributed by atoms with E-state index in [0.717, 1.165) is 44.1 Å². The van der Waals surface area contributed by atoms with Gasteiger partial charge in [0.15, 0.2) is 5.82 Å². The standard InChI is InChI=1S/C22H31N9O2/c1-15(2)11-17(13-32)26-19-12-20(25-14-24-19)31-21(23)28-22(29-31)27-16-3-5-18(6-4-16)30-7-9-33-10-8-30/h3-6,12,14-15,17,32H,7-11,13H2,1-2H3,(H,24,25,26)(H3,23,27,28,29)/t17-/m1/s1. The van der Waals surface area contributed by atoms with Crippen LogP contribution in [-0.2, 0) is 4.74 Å². The van der Waals surface area contributed by atoms with Gasteiger partial charge in [0, 0.05) is 30.5 Å². The number of morpholine rings is 1.